The lowest BCUT2D eigenvalue weighted by molar-refractivity contribution is -0.121. The molecule has 1 amide bonds. The van der Waals surface area contributed by atoms with E-state index in [4.69, 9.17) is 0 Å². The summed E-state index contributed by atoms with van der Waals surface area (Å²) in [6, 6.07) is 6.42. The average Bonchev–Trinajstić information content (AvgIpc) is 2.25. The van der Waals surface area contributed by atoms with Crippen molar-refractivity contribution < 1.29 is 4.79 Å². The molecule has 18 heavy (non-hydrogen) atoms. The van der Waals surface area contributed by atoms with E-state index in [1.54, 1.807) is 0 Å². The standard InChI is InChI=1S/C16H23NO/c1-10(2)13-9-11-8-12(16(3,4)5)6-7-14(11)17-15(13)18/h6-8,10,13H,9H2,1-5H3,(H,17,18). The van der Waals surface area contributed by atoms with Crippen LogP contribution < -0.4 is 5.32 Å². The normalized spacial score (nSPS) is 19.7. The summed E-state index contributed by atoms with van der Waals surface area (Å²) in [5.74, 6) is 0.658. The summed E-state index contributed by atoms with van der Waals surface area (Å²) < 4.78 is 0. The summed E-state index contributed by atoms with van der Waals surface area (Å²) >= 11 is 0. The minimum absolute atomic E-state index is 0.104. The van der Waals surface area contributed by atoms with E-state index in [-0.39, 0.29) is 17.2 Å². The number of hydrogen-bond acceptors (Lipinski definition) is 1. The summed E-state index contributed by atoms with van der Waals surface area (Å²) in [5.41, 5.74) is 3.76. The Labute approximate surface area is 110 Å². The van der Waals surface area contributed by atoms with Crippen molar-refractivity contribution in [3.63, 3.8) is 0 Å². The lowest BCUT2D eigenvalue weighted by Crippen LogP contribution is -2.33. The number of amides is 1. The van der Waals surface area contributed by atoms with Gasteiger partial charge in [0.2, 0.25) is 5.91 Å². The van der Waals surface area contributed by atoms with Gasteiger partial charge in [-0.3, -0.25) is 4.79 Å². The summed E-state index contributed by atoms with van der Waals surface area (Å²) in [6.45, 7) is 10.9. The maximum atomic E-state index is 12.0. The molecule has 0 saturated carbocycles. The number of fused-ring (bicyclic) bond motifs is 1. The van der Waals surface area contributed by atoms with E-state index in [1.165, 1.54) is 11.1 Å². The molecule has 1 aliphatic rings. The number of anilines is 1. The topological polar surface area (TPSA) is 29.1 Å². The van der Waals surface area contributed by atoms with E-state index in [0.717, 1.165) is 12.1 Å². The van der Waals surface area contributed by atoms with Gasteiger partial charge in [-0.15, -0.1) is 0 Å². The first-order valence-corrected chi connectivity index (χ1v) is 6.73. The van der Waals surface area contributed by atoms with Crippen LogP contribution in [0.2, 0.25) is 0 Å². The van der Waals surface area contributed by atoms with Gasteiger partial charge in [-0.2, -0.15) is 0 Å². The Morgan fingerprint density at radius 2 is 1.94 bits per heavy atom. The lowest BCUT2D eigenvalue weighted by Gasteiger charge is -2.29. The van der Waals surface area contributed by atoms with Crippen molar-refractivity contribution >= 4 is 11.6 Å². The first-order chi connectivity index (χ1) is 8.29. The molecule has 2 rings (SSSR count). The van der Waals surface area contributed by atoms with Crippen LogP contribution in [0.3, 0.4) is 0 Å². The number of carbonyl (C=O) groups is 1. The Kier molecular flexibility index (Phi) is 3.22. The minimum atomic E-state index is 0.104. The van der Waals surface area contributed by atoms with Crippen molar-refractivity contribution in [2.24, 2.45) is 11.8 Å². The van der Waals surface area contributed by atoms with Crippen LogP contribution in [0.1, 0.15) is 45.7 Å². The van der Waals surface area contributed by atoms with Gasteiger partial charge in [-0.1, -0.05) is 46.8 Å². The smallest absolute Gasteiger partial charge is 0.228 e. The molecule has 98 valence electrons. The van der Waals surface area contributed by atoms with Crippen LogP contribution in [0.15, 0.2) is 18.2 Å². The highest BCUT2D eigenvalue weighted by atomic mass is 16.1. The number of rotatable bonds is 1. The summed E-state index contributed by atoms with van der Waals surface area (Å²) in [5, 5.41) is 3.03. The highest BCUT2D eigenvalue weighted by Crippen LogP contribution is 2.33. The van der Waals surface area contributed by atoms with Crippen molar-refractivity contribution in [1.29, 1.82) is 0 Å². The van der Waals surface area contributed by atoms with Crippen molar-refractivity contribution in [3.05, 3.63) is 29.3 Å². The molecule has 1 unspecified atom stereocenters. The maximum absolute atomic E-state index is 12.0. The molecule has 1 N–H and O–H groups in total. The molecule has 1 aromatic rings. The van der Waals surface area contributed by atoms with E-state index in [9.17, 15) is 4.79 Å². The second-order valence-electron chi connectivity index (χ2n) is 6.67. The Morgan fingerprint density at radius 1 is 1.28 bits per heavy atom. The van der Waals surface area contributed by atoms with E-state index in [1.807, 2.05) is 6.07 Å². The van der Waals surface area contributed by atoms with E-state index < -0.39 is 0 Å². The first kappa shape index (κ1) is 13.1. The molecular weight excluding hydrogens is 222 g/mol. The number of nitrogens with one attached hydrogen (secondary N) is 1. The van der Waals surface area contributed by atoms with E-state index >= 15 is 0 Å². The van der Waals surface area contributed by atoms with Gasteiger partial charge in [0.1, 0.15) is 0 Å². The largest absolute Gasteiger partial charge is 0.326 e. The van der Waals surface area contributed by atoms with Crippen molar-refractivity contribution in [2.45, 2.75) is 46.5 Å². The quantitative estimate of drug-likeness (QED) is 0.802. The Morgan fingerprint density at radius 3 is 2.50 bits per heavy atom. The van der Waals surface area contributed by atoms with Crippen LogP contribution in [-0.2, 0) is 16.6 Å². The van der Waals surface area contributed by atoms with Gasteiger partial charge >= 0.3 is 0 Å². The molecular formula is C16H23NO. The van der Waals surface area contributed by atoms with Gasteiger partial charge < -0.3 is 5.32 Å². The average molecular weight is 245 g/mol. The van der Waals surface area contributed by atoms with Crippen molar-refractivity contribution in [3.8, 4) is 0 Å². The fourth-order valence-electron chi connectivity index (χ4n) is 2.44. The zero-order valence-corrected chi connectivity index (χ0v) is 12.0. The van der Waals surface area contributed by atoms with Crippen molar-refractivity contribution in [2.75, 3.05) is 5.32 Å². The van der Waals surface area contributed by atoms with Gasteiger partial charge in [-0.25, -0.2) is 0 Å². The van der Waals surface area contributed by atoms with Gasteiger partial charge in [0, 0.05) is 11.6 Å². The van der Waals surface area contributed by atoms with Gasteiger partial charge in [0.05, 0.1) is 0 Å². The number of carbonyl (C=O) groups excluding carboxylic acids is 1. The zero-order chi connectivity index (χ0) is 13.5. The molecule has 1 heterocycles. The highest BCUT2D eigenvalue weighted by Gasteiger charge is 2.29. The number of hydrogen-bond donors (Lipinski definition) is 1. The van der Waals surface area contributed by atoms with Crippen LogP contribution in [0.5, 0.6) is 0 Å². The van der Waals surface area contributed by atoms with Gasteiger partial charge in [-0.05, 0) is 34.9 Å². The SMILES string of the molecule is CC(C)C1Cc2cc(C(C)(C)C)ccc2NC1=O. The minimum Gasteiger partial charge on any atom is -0.326 e. The second kappa shape index (κ2) is 4.42. The highest BCUT2D eigenvalue weighted by molar-refractivity contribution is 5.95. The predicted molar refractivity (Wildman–Crippen MR) is 75.8 cm³/mol. The first-order valence-electron chi connectivity index (χ1n) is 6.73. The fourth-order valence-corrected chi connectivity index (χ4v) is 2.44. The second-order valence-corrected chi connectivity index (χ2v) is 6.67. The molecule has 0 aliphatic carbocycles. The Bertz CT molecular complexity index is 468. The summed E-state index contributed by atoms with van der Waals surface area (Å²) in [6.07, 6.45) is 0.864. The molecule has 0 fully saturated rings. The molecule has 0 aromatic heterocycles. The molecule has 1 atom stereocenters. The van der Waals surface area contributed by atoms with Crippen LogP contribution in [-0.4, -0.2) is 5.91 Å². The molecule has 2 heteroatoms. The van der Waals surface area contributed by atoms with Crippen molar-refractivity contribution in [1.82, 2.24) is 0 Å². The fraction of sp³-hybridized carbons (Fsp3) is 0.562. The third-order valence-corrected chi connectivity index (χ3v) is 3.81. The van der Waals surface area contributed by atoms with Crippen LogP contribution in [0, 0.1) is 11.8 Å². The van der Waals surface area contributed by atoms with Crippen LogP contribution in [0.25, 0.3) is 0 Å². The molecule has 0 saturated heterocycles. The summed E-state index contributed by atoms with van der Waals surface area (Å²) in [7, 11) is 0. The van der Waals surface area contributed by atoms with Crippen LogP contribution >= 0.6 is 0 Å². The molecule has 0 radical (unpaired) electrons. The lowest BCUT2D eigenvalue weighted by atomic mass is 9.81. The maximum Gasteiger partial charge on any atom is 0.228 e. The van der Waals surface area contributed by atoms with E-state index in [2.05, 4.69) is 52.1 Å². The predicted octanol–water partition coefficient (Wildman–Crippen LogP) is 3.75. The molecule has 0 bridgehead atoms. The third kappa shape index (κ3) is 2.43. The zero-order valence-electron chi connectivity index (χ0n) is 12.0. The molecule has 2 nitrogen and oxygen atoms in total. The monoisotopic (exact) mass is 245 g/mol. The van der Waals surface area contributed by atoms with E-state index in [0.29, 0.717) is 5.92 Å². The third-order valence-electron chi connectivity index (χ3n) is 3.81. The Hall–Kier alpha value is -1.31. The van der Waals surface area contributed by atoms with Gasteiger partial charge in [0.25, 0.3) is 0 Å². The number of benzene rings is 1. The molecule has 0 spiro atoms. The molecule has 1 aromatic carbocycles. The molecule has 1 aliphatic heterocycles. The van der Waals surface area contributed by atoms with Crippen LogP contribution in [0.4, 0.5) is 5.69 Å². The summed E-state index contributed by atoms with van der Waals surface area (Å²) in [4.78, 5) is 12.0. The van der Waals surface area contributed by atoms with Gasteiger partial charge in [0.15, 0.2) is 0 Å². The Balaban J connectivity index is 2.37.